The number of phenols is 1. The van der Waals surface area contributed by atoms with Gasteiger partial charge in [-0.1, -0.05) is 41.4 Å². The van der Waals surface area contributed by atoms with Gasteiger partial charge in [0.25, 0.3) is 0 Å². The Labute approximate surface area is 163 Å². The number of rotatable bonds is 4. The van der Waals surface area contributed by atoms with E-state index >= 15 is 0 Å². The van der Waals surface area contributed by atoms with Crippen LogP contribution in [-0.2, 0) is 4.79 Å². The molecule has 1 aliphatic heterocycles. The Morgan fingerprint density at radius 1 is 1.19 bits per heavy atom. The molecular weight excluding hydrogens is 371 g/mol. The first-order valence-electron chi connectivity index (χ1n) is 8.42. The fourth-order valence-electron chi connectivity index (χ4n) is 2.97. The predicted octanol–water partition coefficient (Wildman–Crippen LogP) is 4.82. The molecule has 2 aromatic carbocycles. The van der Waals surface area contributed by atoms with Crippen molar-refractivity contribution in [2.24, 2.45) is 0 Å². The molecule has 2 N–H and O–H groups in total. The van der Waals surface area contributed by atoms with Crippen LogP contribution < -0.4 is 5.32 Å². The number of aromatic hydroxyl groups is 1. The molecule has 3 rings (SSSR count). The first-order chi connectivity index (χ1) is 12.4. The second-order valence-electron chi connectivity index (χ2n) is 6.31. The first-order valence-corrected chi connectivity index (χ1v) is 9.18. The lowest BCUT2D eigenvalue weighted by Crippen LogP contribution is -2.44. The van der Waals surface area contributed by atoms with E-state index in [1.807, 2.05) is 19.1 Å². The van der Waals surface area contributed by atoms with Crippen LogP contribution in [0.25, 0.3) is 5.57 Å². The number of phenolic OH excluding ortho intramolecular Hbond substituents is 1. The van der Waals surface area contributed by atoms with Crippen molar-refractivity contribution in [2.45, 2.75) is 19.4 Å². The summed E-state index contributed by atoms with van der Waals surface area (Å²) in [6.45, 7) is 3.35. The summed E-state index contributed by atoms with van der Waals surface area (Å²) in [4.78, 5) is 14.7. The smallest absolute Gasteiger partial charge is 0.241 e. The van der Waals surface area contributed by atoms with Crippen molar-refractivity contribution in [3.63, 3.8) is 0 Å². The van der Waals surface area contributed by atoms with Gasteiger partial charge < -0.3 is 10.4 Å². The highest BCUT2D eigenvalue weighted by Crippen LogP contribution is 2.27. The van der Waals surface area contributed by atoms with Crippen LogP contribution >= 0.6 is 23.2 Å². The molecule has 1 amide bonds. The number of carbonyl (C=O) groups excluding carboxylic acids is 1. The lowest BCUT2D eigenvalue weighted by atomic mass is 9.98. The zero-order valence-corrected chi connectivity index (χ0v) is 15.9. The first kappa shape index (κ1) is 18.8. The summed E-state index contributed by atoms with van der Waals surface area (Å²) in [6, 6.07) is 11.9. The average molecular weight is 391 g/mol. The second-order valence-corrected chi connectivity index (χ2v) is 7.15. The van der Waals surface area contributed by atoms with Gasteiger partial charge in [-0.2, -0.15) is 0 Å². The van der Waals surface area contributed by atoms with Crippen LogP contribution in [0.4, 0.5) is 5.69 Å². The summed E-state index contributed by atoms with van der Waals surface area (Å²) in [5, 5.41) is 13.2. The molecule has 4 nitrogen and oxygen atoms in total. The van der Waals surface area contributed by atoms with Gasteiger partial charge in [0, 0.05) is 18.1 Å². The molecule has 1 unspecified atom stereocenters. The summed E-state index contributed by atoms with van der Waals surface area (Å²) in [6.07, 6.45) is 2.98. The highest BCUT2D eigenvalue weighted by molar-refractivity contribution is 6.35. The van der Waals surface area contributed by atoms with E-state index in [2.05, 4.69) is 16.3 Å². The monoisotopic (exact) mass is 390 g/mol. The van der Waals surface area contributed by atoms with E-state index in [-0.39, 0.29) is 17.7 Å². The van der Waals surface area contributed by atoms with Gasteiger partial charge in [0.1, 0.15) is 5.75 Å². The van der Waals surface area contributed by atoms with Crippen LogP contribution in [0.1, 0.15) is 18.9 Å². The van der Waals surface area contributed by atoms with Gasteiger partial charge in [-0.3, -0.25) is 9.69 Å². The number of benzene rings is 2. The summed E-state index contributed by atoms with van der Waals surface area (Å²) in [5.41, 5.74) is 2.85. The molecule has 0 fully saturated rings. The Hall–Kier alpha value is -2.01. The zero-order valence-electron chi connectivity index (χ0n) is 14.4. The normalized spacial score (nSPS) is 16.0. The van der Waals surface area contributed by atoms with Crippen molar-refractivity contribution >= 4 is 40.4 Å². The van der Waals surface area contributed by atoms with E-state index in [0.717, 1.165) is 18.5 Å². The van der Waals surface area contributed by atoms with Gasteiger partial charge in [0.15, 0.2) is 0 Å². The fraction of sp³-hybridized carbons (Fsp3) is 0.250. The van der Waals surface area contributed by atoms with Crippen molar-refractivity contribution in [2.75, 3.05) is 18.4 Å². The Morgan fingerprint density at radius 2 is 1.92 bits per heavy atom. The minimum Gasteiger partial charge on any atom is -0.508 e. The molecule has 6 heteroatoms. The van der Waals surface area contributed by atoms with Crippen LogP contribution in [0.5, 0.6) is 5.75 Å². The highest BCUT2D eigenvalue weighted by Gasteiger charge is 2.24. The average Bonchev–Trinajstić information content (AvgIpc) is 2.65. The summed E-state index contributed by atoms with van der Waals surface area (Å²) < 4.78 is 0. The molecule has 26 heavy (non-hydrogen) atoms. The van der Waals surface area contributed by atoms with Gasteiger partial charge in [-0.15, -0.1) is 0 Å². The standard InChI is InChI=1S/C20H20Cl2N2O2/c1-13(20(26)23-19-12-16(21)4-7-18(19)22)24-10-8-15(9-11-24)14-2-5-17(25)6-3-14/h2-8,12-13,25H,9-11H2,1H3,(H,23,26). The number of amides is 1. The van der Waals surface area contributed by atoms with Gasteiger partial charge in [0.2, 0.25) is 5.91 Å². The minimum atomic E-state index is -0.289. The van der Waals surface area contributed by atoms with Crippen LogP contribution in [0.15, 0.2) is 48.5 Å². The molecule has 0 spiro atoms. The molecule has 0 saturated heterocycles. The topological polar surface area (TPSA) is 52.6 Å². The summed E-state index contributed by atoms with van der Waals surface area (Å²) in [7, 11) is 0. The molecular formula is C20H20Cl2N2O2. The van der Waals surface area contributed by atoms with Gasteiger partial charge in [-0.25, -0.2) is 0 Å². The Kier molecular flexibility index (Phi) is 5.87. The fourth-order valence-corrected chi connectivity index (χ4v) is 3.31. The Bertz CT molecular complexity index is 834. The number of nitrogens with zero attached hydrogens (tertiary/aromatic N) is 1. The van der Waals surface area contributed by atoms with Crippen molar-refractivity contribution in [1.82, 2.24) is 4.90 Å². The van der Waals surface area contributed by atoms with E-state index in [0.29, 0.717) is 22.3 Å². The molecule has 1 aliphatic rings. The molecule has 0 aliphatic carbocycles. The van der Waals surface area contributed by atoms with E-state index in [4.69, 9.17) is 23.2 Å². The molecule has 136 valence electrons. The third-order valence-electron chi connectivity index (χ3n) is 4.59. The quantitative estimate of drug-likeness (QED) is 0.786. The van der Waals surface area contributed by atoms with Gasteiger partial charge >= 0.3 is 0 Å². The predicted molar refractivity (Wildman–Crippen MR) is 107 cm³/mol. The molecule has 2 aromatic rings. The Morgan fingerprint density at radius 3 is 2.58 bits per heavy atom. The number of anilines is 1. The van der Waals surface area contributed by atoms with Gasteiger partial charge in [-0.05, 0) is 54.8 Å². The lowest BCUT2D eigenvalue weighted by Gasteiger charge is -2.31. The summed E-state index contributed by atoms with van der Waals surface area (Å²) in [5.74, 6) is 0.146. The SMILES string of the molecule is CC(C(=O)Nc1cc(Cl)ccc1Cl)N1CC=C(c2ccc(O)cc2)CC1. The van der Waals surface area contributed by atoms with E-state index < -0.39 is 0 Å². The second kappa shape index (κ2) is 8.12. The lowest BCUT2D eigenvalue weighted by molar-refractivity contribution is -0.120. The van der Waals surface area contributed by atoms with E-state index in [1.165, 1.54) is 5.57 Å². The zero-order chi connectivity index (χ0) is 18.7. The number of nitrogens with one attached hydrogen (secondary N) is 1. The van der Waals surface area contributed by atoms with Gasteiger partial charge in [0.05, 0.1) is 16.8 Å². The molecule has 1 heterocycles. The van der Waals surface area contributed by atoms with E-state index in [9.17, 15) is 9.90 Å². The number of hydrogen-bond donors (Lipinski definition) is 2. The maximum absolute atomic E-state index is 12.6. The largest absolute Gasteiger partial charge is 0.508 e. The number of carbonyl (C=O) groups is 1. The maximum atomic E-state index is 12.6. The molecule has 0 bridgehead atoms. The van der Waals surface area contributed by atoms with Crippen molar-refractivity contribution in [3.05, 3.63) is 64.1 Å². The highest BCUT2D eigenvalue weighted by atomic mass is 35.5. The van der Waals surface area contributed by atoms with Crippen LogP contribution in [-0.4, -0.2) is 35.0 Å². The maximum Gasteiger partial charge on any atom is 0.241 e. The molecule has 1 atom stereocenters. The molecule has 0 saturated carbocycles. The van der Waals surface area contributed by atoms with Crippen molar-refractivity contribution < 1.29 is 9.90 Å². The molecule has 0 aromatic heterocycles. The molecule has 0 radical (unpaired) electrons. The van der Waals surface area contributed by atoms with E-state index in [1.54, 1.807) is 30.3 Å². The Balaban J connectivity index is 1.64. The van der Waals surface area contributed by atoms with Crippen LogP contribution in [0.2, 0.25) is 10.0 Å². The third-order valence-corrected chi connectivity index (χ3v) is 5.16. The van der Waals surface area contributed by atoms with Crippen molar-refractivity contribution in [3.8, 4) is 5.75 Å². The summed E-state index contributed by atoms with van der Waals surface area (Å²) >= 11 is 12.1. The third kappa shape index (κ3) is 4.39. The number of halogens is 2. The van der Waals surface area contributed by atoms with Crippen LogP contribution in [0.3, 0.4) is 0 Å². The minimum absolute atomic E-state index is 0.115. The number of hydrogen-bond acceptors (Lipinski definition) is 3. The van der Waals surface area contributed by atoms with Crippen molar-refractivity contribution in [1.29, 1.82) is 0 Å². The van der Waals surface area contributed by atoms with Crippen LogP contribution in [0, 0.1) is 0 Å².